The fourth-order valence-corrected chi connectivity index (χ4v) is 2.53. The number of aryl methyl sites for hydroxylation is 1. The van der Waals surface area contributed by atoms with Crippen molar-refractivity contribution in [1.82, 2.24) is 19.5 Å². The molecule has 0 spiro atoms. The molecule has 0 saturated carbocycles. The summed E-state index contributed by atoms with van der Waals surface area (Å²) in [5.74, 6) is 1.68. The van der Waals surface area contributed by atoms with Crippen molar-refractivity contribution in [3.8, 4) is 5.82 Å². The molecule has 6 heteroatoms. The second-order valence-electron chi connectivity index (χ2n) is 4.03. The molecule has 0 unspecified atom stereocenters. The highest BCUT2D eigenvalue weighted by Crippen LogP contribution is 2.23. The molecule has 0 aliphatic rings. The lowest BCUT2D eigenvalue weighted by molar-refractivity contribution is 0.879. The Kier molecular flexibility index (Phi) is 3.16. The van der Waals surface area contributed by atoms with Gasteiger partial charge in [-0.05, 0) is 37.4 Å². The van der Waals surface area contributed by atoms with Gasteiger partial charge in [0.2, 0.25) is 0 Å². The van der Waals surface area contributed by atoms with E-state index < -0.39 is 0 Å². The zero-order valence-electron chi connectivity index (χ0n) is 10.5. The van der Waals surface area contributed by atoms with E-state index in [2.05, 4.69) is 15.0 Å². The van der Waals surface area contributed by atoms with E-state index in [0.717, 1.165) is 27.8 Å². The molecule has 3 aromatic rings. The van der Waals surface area contributed by atoms with Gasteiger partial charge in [-0.3, -0.25) is 4.57 Å². The van der Waals surface area contributed by atoms with E-state index in [1.807, 2.05) is 42.0 Å². The minimum Gasteiger partial charge on any atom is -0.280 e. The van der Waals surface area contributed by atoms with E-state index in [1.54, 1.807) is 6.20 Å². The van der Waals surface area contributed by atoms with Crippen molar-refractivity contribution in [1.29, 1.82) is 0 Å². The first-order chi connectivity index (χ1) is 9.19. The number of halogens is 1. The molecular formula is C13H11ClN4S. The number of thioether (sulfide) groups is 1. The van der Waals surface area contributed by atoms with Crippen molar-refractivity contribution in [2.24, 2.45) is 0 Å². The van der Waals surface area contributed by atoms with Crippen molar-refractivity contribution in [2.75, 3.05) is 6.26 Å². The molecule has 96 valence electrons. The molecule has 0 bridgehead atoms. The van der Waals surface area contributed by atoms with Crippen LogP contribution >= 0.6 is 23.4 Å². The number of aromatic nitrogens is 4. The lowest BCUT2D eigenvalue weighted by Gasteiger charge is -2.06. The molecule has 0 aliphatic carbocycles. The maximum Gasteiger partial charge on any atom is 0.189 e. The highest BCUT2D eigenvalue weighted by Gasteiger charge is 2.11. The van der Waals surface area contributed by atoms with Crippen molar-refractivity contribution in [3.63, 3.8) is 0 Å². The van der Waals surface area contributed by atoms with Crippen LogP contribution in [0.2, 0.25) is 5.02 Å². The summed E-state index contributed by atoms with van der Waals surface area (Å²) in [6.45, 7) is 1.95. The van der Waals surface area contributed by atoms with Gasteiger partial charge in [-0.25, -0.2) is 15.0 Å². The SMILES string of the molecule is CSc1nccc(-n2c(C)nc3ccc(Cl)cc32)n1. The average Bonchev–Trinajstić information content (AvgIpc) is 2.74. The maximum atomic E-state index is 6.07. The Balaban J connectivity index is 2.28. The second kappa shape index (κ2) is 4.83. The van der Waals surface area contributed by atoms with Crippen LogP contribution < -0.4 is 0 Å². The molecule has 3 rings (SSSR count). The number of benzene rings is 1. The fourth-order valence-electron chi connectivity index (χ4n) is 2.01. The van der Waals surface area contributed by atoms with Gasteiger partial charge in [0.25, 0.3) is 0 Å². The fraction of sp³-hybridized carbons (Fsp3) is 0.154. The Bertz CT molecular complexity index is 753. The molecule has 0 saturated heterocycles. The van der Waals surface area contributed by atoms with E-state index in [1.165, 1.54) is 11.8 Å². The Morgan fingerprint density at radius 1 is 1.21 bits per heavy atom. The molecule has 0 N–H and O–H groups in total. The Morgan fingerprint density at radius 3 is 2.84 bits per heavy atom. The summed E-state index contributed by atoms with van der Waals surface area (Å²) in [4.78, 5) is 13.2. The minimum absolute atomic E-state index is 0.688. The van der Waals surface area contributed by atoms with Crippen LogP contribution in [0, 0.1) is 6.92 Å². The van der Waals surface area contributed by atoms with E-state index >= 15 is 0 Å². The summed E-state index contributed by atoms with van der Waals surface area (Å²) in [6, 6.07) is 7.53. The average molecular weight is 291 g/mol. The third kappa shape index (κ3) is 2.19. The normalized spacial score (nSPS) is 11.1. The van der Waals surface area contributed by atoms with Gasteiger partial charge in [0.1, 0.15) is 11.6 Å². The van der Waals surface area contributed by atoms with Gasteiger partial charge in [0.15, 0.2) is 5.16 Å². The predicted molar refractivity (Wildman–Crippen MR) is 78.2 cm³/mol. The van der Waals surface area contributed by atoms with Crippen LogP contribution in [-0.2, 0) is 0 Å². The van der Waals surface area contributed by atoms with Crippen LogP contribution in [0.1, 0.15) is 5.82 Å². The largest absolute Gasteiger partial charge is 0.280 e. The van der Waals surface area contributed by atoms with E-state index in [-0.39, 0.29) is 0 Å². The van der Waals surface area contributed by atoms with Crippen LogP contribution in [0.25, 0.3) is 16.9 Å². The van der Waals surface area contributed by atoms with Crippen LogP contribution in [0.4, 0.5) is 0 Å². The summed E-state index contributed by atoms with van der Waals surface area (Å²) >= 11 is 7.58. The smallest absolute Gasteiger partial charge is 0.189 e. The standard InChI is InChI=1S/C13H11ClN4S/c1-8-16-10-4-3-9(14)7-11(10)18(8)12-5-6-15-13(17-12)19-2/h3-7H,1-2H3. The first-order valence-electron chi connectivity index (χ1n) is 5.71. The van der Waals surface area contributed by atoms with Gasteiger partial charge in [-0.2, -0.15) is 0 Å². The first-order valence-corrected chi connectivity index (χ1v) is 7.31. The topological polar surface area (TPSA) is 43.6 Å². The lowest BCUT2D eigenvalue weighted by Crippen LogP contribution is -2.01. The molecule has 2 aromatic heterocycles. The predicted octanol–water partition coefficient (Wildman–Crippen LogP) is 3.50. The number of nitrogens with zero attached hydrogens (tertiary/aromatic N) is 4. The van der Waals surface area contributed by atoms with Gasteiger partial charge in [-0.15, -0.1) is 0 Å². The summed E-state index contributed by atoms with van der Waals surface area (Å²) in [5, 5.41) is 1.42. The number of imidazole rings is 1. The van der Waals surface area contributed by atoms with E-state index in [9.17, 15) is 0 Å². The first kappa shape index (κ1) is 12.4. The van der Waals surface area contributed by atoms with Crippen molar-refractivity contribution in [3.05, 3.63) is 41.3 Å². The van der Waals surface area contributed by atoms with Gasteiger partial charge < -0.3 is 0 Å². The van der Waals surface area contributed by atoms with E-state index in [0.29, 0.717) is 5.02 Å². The molecule has 2 heterocycles. The second-order valence-corrected chi connectivity index (χ2v) is 5.24. The van der Waals surface area contributed by atoms with Crippen LogP contribution in [0.15, 0.2) is 35.6 Å². The Hall–Kier alpha value is -1.59. The Morgan fingerprint density at radius 2 is 2.05 bits per heavy atom. The maximum absolute atomic E-state index is 6.07. The van der Waals surface area contributed by atoms with Crippen LogP contribution in [-0.4, -0.2) is 25.8 Å². The highest BCUT2D eigenvalue weighted by atomic mass is 35.5. The summed E-state index contributed by atoms with van der Waals surface area (Å²) in [5.41, 5.74) is 1.86. The molecule has 0 fully saturated rings. The molecule has 0 atom stereocenters. The number of rotatable bonds is 2. The summed E-state index contributed by atoms with van der Waals surface area (Å²) in [6.07, 6.45) is 3.71. The minimum atomic E-state index is 0.688. The van der Waals surface area contributed by atoms with Crippen LogP contribution in [0.5, 0.6) is 0 Å². The molecule has 1 aromatic carbocycles. The number of hydrogen-bond donors (Lipinski definition) is 0. The highest BCUT2D eigenvalue weighted by molar-refractivity contribution is 7.98. The molecular weight excluding hydrogens is 280 g/mol. The van der Waals surface area contributed by atoms with Crippen molar-refractivity contribution in [2.45, 2.75) is 12.1 Å². The zero-order valence-corrected chi connectivity index (χ0v) is 12.0. The lowest BCUT2D eigenvalue weighted by atomic mass is 10.3. The molecule has 19 heavy (non-hydrogen) atoms. The Labute approximate surface area is 119 Å². The number of hydrogen-bond acceptors (Lipinski definition) is 4. The van der Waals surface area contributed by atoms with Crippen molar-refractivity contribution >= 4 is 34.4 Å². The molecule has 4 nitrogen and oxygen atoms in total. The molecule has 0 amide bonds. The molecule has 0 aliphatic heterocycles. The molecule has 0 radical (unpaired) electrons. The zero-order chi connectivity index (χ0) is 13.4. The van der Waals surface area contributed by atoms with E-state index in [4.69, 9.17) is 11.6 Å². The van der Waals surface area contributed by atoms with Crippen molar-refractivity contribution < 1.29 is 0 Å². The van der Waals surface area contributed by atoms with Gasteiger partial charge >= 0.3 is 0 Å². The third-order valence-electron chi connectivity index (χ3n) is 2.81. The van der Waals surface area contributed by atoms with Gasteiger partial charge in [-0.1, -0.05) is 23.4 Å². The summed E-state index contributed by atoms with van der Waals surface area (Å²) < 4.78 is 1.99. The van der Waals surface area contributed by atoms with Gasteiger partial charge in [0.05, 0.1) is 11.0 Å². The number of fused-ring (bicyclic) bond motifs is 1. The van der Waals surface area contributed by atoms with Gasteiger partial charge in [0, 0.05) is 11.2 Å². The quantitative estimate of drug-likeness (QED) is 0.535. The van der Waals surface area contributed by atoms with Crippen LogP contribution in [0.3, 0.4) is 0 Å². The summed E-state index contributed by atoms with van der Waals surface area (Å²) in [7, 11) is 0. The monoisotopic (exact) mass is 290 g/mol. The third-order valence-corrected chi connectivity index (χ3v) is 3.61.